The molecule has 0 atom stereocenters. The molecule has 4 aromatic carbocycles. The maximum Gasteiger partial charge on any atom is 0.345 e. The number of ether oxygens (including phenoxy) is 1. The molecule has 0 N–H and O–H groups in total. The van der Waals surface area contributed by atoms with Crippen molar-refractivity contribution >= 4 is 102 Å². The van der Waals surface area contributed by atoms with Crippen LogP contribution in [0.3, 0.4) is 0 Å². The normalized spacial score (nSPS) is 10.9. The fourth-order valence-corrected chi connectivity index (χ4v) is 10.9. The van der Waals surface area contributed by atoms with Crippen LogP contribution in [0, 0.1) is 10.7 Å². The molecule has 0 aromatic heterocycles. The van der Waals surface area contributed by atoms with Crippen molar-refractivity contribution in [1.29, 1.82) is 0 Å². The zero-order valence-corrected chi connectivity index (χ0v) is 29.2. The number of amides is 1. The second kappa shape index (κ2) is 13.8. The van der Waals surface area contributed by atoms with Crippen molar-refractivity contribution in [3.05, 3.63) is 107 Å². The summed E-state index contributed by atoms with van der Waals surface area (Å²) in [4.78, 5) is 42.9. The molecule has 4 aromatic rings. The van der Waals surface area contributed by atoms with Crippen molar-refractivity contribution in [3.8, 4) is 5.75 Å². The lowest BCUT2D eigenvalue weighted by molar-refractivity contribution is -0.117. The van der Waals surface area contributed by atoms with Gasteiger partial charge >= 0.3 is 5.97 Å². The summed E-state index contributed by atoms with van der Waals surface area (Å²) in [5, 5.41) is 0. The molecule has 0 aliphatic carbocycles. The van der Waals surface area contributed by atoms with Crippen LogP contribution in [-0.4, -0.2) is 24.7 Å². The van der Waals surface area contributed by atoms with Gasteiger partial charge in [-0.15, -0.1) is 0 Å². The van der Waals surface area contributed by atoms with Gasteiger partial charge in [0.25, 0.3) is 0 Å². The Labute approximate surface area is 277 Å². The first-order chi connectivity index (χ1) is 19.1. The Morgan fingerprint density at radius 1 is 0.725 bits per heavy atom. The first-order valence-electron chi connectivity index (χ1n) is 12.2. The van der Waals surface area contributed by atoms with Crippen LogP contribution in [-0.2, 0) is 26.9 Å². The minimum Gasteiger partial charge on any atom is -0.423 e. The molecule has 40 heavy (non-hydrogen) atoms. The highest BCUT2D eigenvalue weighted by atomic mass is 127. The first-order valence-corrected chi connectivity index (χ1v) is 16.7. The second-order valence-corrected chi connectivity index (χ2v) is 14.2. The number of carbonyl (C=O) groups excluding carboxylic acids is 3. The van der Waals surface area contributed by atoms with Crippen molar-refractivity contribution in [2.45, 2.75) is 35.0 Å². The molecule has 0 saturated carbocycles. The van der Waals surface area contributed by atoms with Crippen LogP contribution in [0.5, 0.6) is 5.75 Å². The molecule has 0 heterocycles. The van der Waals surface area contributed by atoms with E-state index in [0.717, 1.165) is 8.47 Å². The zero-order chi connectivity index (χ0) is 29.0. The molecular formula is C31H25I3NO4S+. The lowest BCUT2D eigenvalue weighted by Crippen LogP contribution is -2.27. The Morgan fingerprint density at radius 2 is 1.23 bits per heavy atom. The second-order valence-electron chi connectivity index (χ2n) is 8.89. The third-order valence-corrected chi connectivity index (χ3v) is 11.7. The monoisotopic (exact) mass is 888 g/mol. The number of esters is 1. The van der Waals surface area contributed by atoms with E-state index in [4.69, 9.17) is 4.74 Å². The topological polar surface area (TPSA) is 63.7 Å². The minimum absolute atomic E-state index is 0.0319. The molecule has 0 bridgehead atoms. The van der Waals surface area contributed by atoms with Gasteiger partial charge in [-0.1, -0.05) is 36.4 Å². The van der Waals surface area contributed by atoms with Gasteiger partial charge in [0.05, 0.1) is 25.7 Å². The third-order valence-electron chi connectivity index (χ3n) is 6.05. The minimum atomic E-state index is -0.536. The Hall–Kier alpha value is -1.97. The first kappa shape index (κ1) is 31.0. The van der Waals surface area contributed by atoms with Crippen LogP contribution in [0.4, 0.5) is 5.69 Å². The van der Waals surface area contributed by atoms with Crippen LogP contribution in [0.2, 0.25) is 0 Å². The summed E-state index contributed by atoms with van der Waals surface area (Å²) in [6.07, 6.45) is 0.155. The smallest absolute Gasteiger partial charge is 0.345 e. The predicted molar refractivity (Wildman–Crippen MR) is 185 cm³/mol. The molecule has 204 valence electrons. The number of ketones is 1. The van der Waals surface area contributed by atoms with Crippen molar-refractivity contribution in [1.82, 2.24) is 0 Å². The van der Waals surface area contributed by atoms with Gasteiger partial charge in [0.15, 0.2) is 14.7 Å². The lowest BCUT2D eigenvalue weighted by atomic mass is 10.0. The van der Waals surface area contributed by atoms with E-state index >= 15 is 0 Å². The van der Waals surface area contributed by atoms with Gasteiger partial charge in [-0.2, -0.15) is 0 Å². The van der Waals surface area contributed by atoms with Crippen molar-refractivity contribution < 1.29 is 19.1 Å². The highest BCUT2D eigenvalue weighted by Crippen LogP contribution is 2.39. The van der Waals surface area contributed by atoms with Gasteiger partial charge in [0.2, 0.25) is 5.91 Å². The molecule has 0 fully saturated rings. The van der Waals surface area contributed by atoms with Gasteiger partial charge in [0.1, 0.15) is 11.5 Å². The van der Waals surface area contributed by atoms with Crippen LogP contribution in [0.25, 0.3) is 0 Å². The fourth-order valence-electron chi connectivity index (χ4n) is 4.06. The number of carbonyl (C=O) groups is 3. The van der Waals surface area contributed by atoms with Gasteiger partial charge < -0.3 is 9.64 Å². The summed E-state index contributed by atoms with van der Waals surface area (Å²) >= 11 is 6.34. The lowest BCUT2D eigenvalue weighted by Gasteiger charge is -2.24. The van der Waals surface area contributed by atoms with E-state index in [9.17, 15) is 14.4 Å². The highest BCUT2D eigenvalue weighted by Gasteiger charge is 2.30. The number of halogens is 3. The number of hydrogen-bond donors (Lipinski definition) is 0. The SMILES string of the molecule is CC(=O)Cc1c(I)c(C(=O)Oc2ccc([S+](c3ccccc3)c3ccccc3)cc2)c(I)c(N(C)C(C)=O)c1I. The Bertz CT molecular complexity index is 1520. The fraction of sp³-hybridized carbons (Fsp3) is 0.129. The molecule has 4 rings (SSSR count). The maximum atomic E-state index is 13.6. The Balaban J connectivity index is 1.70. The van der Waals surface area contributed by atoms with Gasteiger partial charge in [-0.05, 0) is 129 Å². The van der Waals surface area contributed by atoms with Crippen LogP contribution in [0.15, 0.2) is 99.6 Å². The standard InChI is InChI=1S/C31H25I3NO4S/c1-19(36)18-25-27(32)26(29(34)30(28(25)33)35(3)20(2)37)31(38)39-21-14-16-24(17-15-21)40(22-10-6-4-7-11-22)23-12-8-5-9-13-23/h4-17H,18H2,1-3H3/q+1. The van der Waals surface area contributed by atoms with E-state index < -0.39 is 5.97 Å². The molecular weight excluding hydrogens is 863 g/mol. The largest absolute Gasteiger partial charge is 0.423 e. The van der Waals surface area contributed by atoms with Crippen molar-refractivity contribution in [2.24, 2.45) is 0 Å². The number of nitrogens with zero attached hydrogens (tertiary/aromatic N) is 1. The van der Waals surface area contributed by atoms with Gasteiger partial charge in [-0.25, -0.2) is 4.79 Å². The maximum absolute atomic E-state index is 13.6. The number of rotatable bonds is 8. The molecule has 1 amide bonds. The van der Waals surface area contributed by atoms with E-state index in [2.05, 4.69) is 92.0 Å². The summed E-state index contributed by atoms with van der Waals surface area (Å²) < 4.78 is 7.90. The summed E-state index contributed by atoms with van der Waals surface area (Å²) in [6, 6.07) is 28.3. The van der Waals surface area contributed by atoms with E-state index in [1.54, 1.807) is 7.05 Å². The molecule has 0 aliphatic rings. The van der Waals surface area contributed by atoms with Gasteiger partial charge in [0, 0.05) is 27.5 Å². The van der Waals surface area contributed by atoms with E-state index in [1.165, 1.54) is 28.5 Å². The number of benzene rings is 4. The molecule has 0 spiro atoms. The average Bonchev–Trinajstić information content (AvgIpc) is 2.93. The number of Topliss-reactive ketones (excluding diaryl/α,β-unsaturated/α-hetero) is 1. The van der Waals surface area contributed by atoms with Crippen LogP contribution >= 0.6 is 67.8 Å². The number of anilines is 1. The summed E-state index contributed by atoms with van der Waals surface area (Å²) in [7, 11) is 1.35. The summed E-state index contributed by atoms with van der Waals surface area (Å²) in [6.45, 7) is 2.98. The van der Waals surface area contributed by atoms with Crippen LogP contribution in [0.1, 0.15) is 29.8 Å². The zero-order valence-electron chi connectivity index (χ0n) is 21.9. The average molecular weight is 888 g/mol. The quantitative estimate of drug-likeness (QED) is 0.0782. The van der Waals surface area contributed by atoms with Crippen molar-refractivity contribution in [2.75, 3.05) is 11.9 Å². The van der Waals surface area contributed by atoms with Crippen LogP contribution < -0.4 is 9.64 Å². The molecule has 0 saturated heterocycles. The Kier molecular flexibility index (Phi) is 10.7. The van der Waals surface area contributed by atoms with E-state index in [1.807, 2.05) is 60.7 Å². The van der Waals surface area contributed by atoms with Crippen molar-refractivity contribution in [3.63, 3.8) is 0 Å². The Morgan fingerprint density at radius 3 is 1.70 bits per heavy atom. The predicted octanol–water partition coefficient (Wildman–Crippen LogP) is 7.93. The highest BCUT2D eigenvalue weighted by molar-refractivity contribution is 14.1. The molecule has 0 radical (unpaired) electrons. The number of hydrogen-bond acceptors (Lipinski definition) is 4. The summed E-state index contributed by atoms with van der Waals surface area (Å²) in [5.41, 5.74) is 1.66. The third kappa shape index (κ3) is 6.90. The van der Waals surface area contributed by atoms with E-state index in [0.29, 0.717) is 29.7 Å². The molecule has 5 nitrogen and oxygen atoms in total. The van der Waals surface area contributed by atoms with E-state index in [-0.39, 0.29) is 29.0 Å². The van der Waals surface area contributed by atoms with Gasteiger partial charge in [-0.3, -0.25) is 9.59 Å². The molecule has 0 aliphatic heterocycles. The summed E-state index contributed by atoms with van der Waals surface area (Å²) in [5.74, 6) is -0.326. The molecule has 0 unspecified atom stereocenters. The molecule has 9 heteroatoms.